The summed E-state index contributed by atoms with van der Waals surface area (Å²) >= 11 is 0. The second-order valence-electron chi connectivity index (χ2n) is 5.59. The number of nitrogens with two attached hydrogens (primary N) is 1. The average Bonchev–Trinajstić information content (AvgIpc) is 2.59. The van der Waals surface area contributed by atoms with E-state index in [1.165, 1.54) is 0 Å². The maximum absolute atomic E-state index is 12.3. The van der Waals surface area contributed by atoms with Crippen molar-refractivity contribution in [3.05, 3.63) is 35.4 Å². The van der Waals surface area contributed by atoms with E-state index in [0.29, 0.717) is 24.9 Å². The van der Waals surface area contributed by atoms with E-state index in [1.807, 2.05) is 0 Å². The molecule has 0 spiro atoms. The monoisotopic (exact) mass is 319 g/mol. The fraction of sp³-hybridized carbons (Fsp3) is 0.438. The van der Waals surface area contributed by atoms with Crippen LogP contribution in [0.3, 0.4) is 0 Å². The van der Waals surface area contributed by atoms with Gasteiger partial charge >= 0.3 is 0 Å². The highest BCUT2D eigenvalue weighted by Crippen LogP contribution is 2.32. The quantitative estimate of drug-likeness (QED) is 0.244. The van der Waals surface area contributed by atoms with E-state index in [0.717, 1.165) is 11.8 Å². The molecule has 0 radical (unpaired) electrons. The molecule has 0 saturated carbocycles. The number of hydrogen-bond acceptors (Lipinski definition) is 5. The molecule has 4 N–H and O–H groups in total. The molecule has 0 aliphatic carbocycles. The number of aliphatic hydroxyl groups is 1. The molecule has 23 heavy (non-hydrogen) atoms. The van der Waals surface area contributed by atoms with E-state index in [9.17, 15) is 14.7 Å². The lowest BCUT2D eigenvalue weighted by Gasteiger charge is -2.38. The van der Waals surface area contributed by atoms with Crippen molar-refractivity contribution in [1.82, 2.24) is 4.90 Å². The van der Waals surface area contributed by atoms with Crippen LogP contribution in [-0.2, 0) is 9.59 Å². The summed E-state index contributed by atoms with van der Waals surface area (Å²) in [7, 11) is 0. The van der Waals surface area contributed by atoms with Gasteiger partial charge in [0.1, 0.15) is 6.29 Å². The molecule has 2 unspecified atom stereocenters. The molecule has 0 aromatic heterocycles. The van der Waals surface area contributed by atoms with Gasteiger partial charge in [-0.2, -0.15) is 0 Å². The van der Waals surface area contributed by atoms with E-state index in [4.69, 9.17) is 10.9 Å². The van der Waals surface area contributed by atoms with E-state index in [-0.39, 0.29) is 30.6 Å². The molecule has 1 aliphatic heterocycles. The summed E-state index contributed by atoms with van der Waals surface area (Å²) in [6.45, 7) is 0.464. The van der Waals surface area contributed by atoms with Gasteiger partial charge in [-0.1, -0.05) is 29.4 Å². The van der Waals surface area contributed by atoms with Crippen LogP contribution < -0.4 is 5.73 Å². The number of carbonyl (C=O) groups is 2. The number of aldehydes is 1. The lowest BCUT2D eigenvalue weighted by atomic mass is 9.92. The molecule has 124 valence electrons. The number of amidine groups is 1. The third kappa shape index (κ3) is 4.07. The van der Waals surface area contributed by atoms with Crippen molar-refractivity contribution < 1.29 is 19.9 Å². The SMILES string of the molecule is N/C(=N/O)c1ccc(C2CC(O)CCN2C(=O)CCC=O)cc1. The highest BCUT2D eigenvalue weighted by atomic mass is 16.4. The molecule has 1 fully saturated rings. The Labute approximate surface area is 134 Å². The largest absolute Gasteiger partial charge is 0.409 e. The molecule has 1 aromatic rings. The Morgan fingerprint density at radius 1 is 1.39 bits per heavy atom. The van der Waals surface area contributed by atoms with Gasteiger partial charge in [0.2, 0.25) is 5.91 Å². The minimum atomic E-state index is -0.459. The van der Waals surface area contributed by atoms with E-state index in [1.54, 1.807) is 29.2 Å². The van der Waals surface area contributed by atoms with Gasteiger partial charge in [0, 0.05) is 24.9 Å². The van der Waals surface area contributed by atoms with Gasteiger partial charge in [-0.25, -0.2) is 0 Å². The molecule has 2 rings (SSSR count). The Balaban J connectivity index is 2.21. The molecule has 1 heterocycles. The van der Waals surface area contributed by atoms with Crippen molar-refractivity contribution in [3.8, 4) is 0 Å². The molecular weight excluding hydrogens is 298 g/mol. The van der Waals surface area contributed by atoms with Gasteiger partial charge in [-0.05, 0) is 18.4 Å². The van der Waals surface area contributed by atoms with Crippen molar-refractivity contribution in [1.29, 1.82) is 0 Å². The number of aliphatic hydroxyl groups excluding tert-OH is 1. The summed E-state index contributed by atoms with van der Waals surface area (Å²) in [6, 6.07) is 6.78. The topological polar surface area (TPSA) is 116 Å². The summed E-state index contributed by atoms with van der Waals surface area (Å²) in [6.07, 6.45) is 1.64. The zero-order valence-electron chi connectivity index (χ0n) is 12.8. The number of likely N-dealkylation sites (tertiary alicyclic amines) is 1. The molecule has 0 bridgehead atoms. The fourth-order valence-electron chi connectivity index (χ4n) is 2.82. The smallest absolute Gasteiger partial charge is 0.223 e. The lowest BCUT2D eigenvalue weighted by Crippen LogP contribution is -2.42. The maximum Gasteiger partial charge on any atom is 0.223 e. The fourth-order valence-corrected chi connectivity index (χ4v) is 2.82. The van der Waals surface area contributed by atoms with Crippen LogP contribution in [0.2, 0.25) is 0 Å². The maximum atomic E-state index is 12.3. The molecule has 2 atom stereocenters. The number of hydrogen-bond donors (Lipinski definition) is 3. The molecule has 7 heteroatoms. The first-order chi connectivity index (χ1) is 11.1. The number of benzene rings is 1. The first kappa shape index (κ1) is 17.0. The molecule has 1 aromatic carbocycles. The van der Waals surface area contributed by atoms with Crippen molar-refractivity contribution in [2.45, 2.75) is 37.8 Å². The molecule has 1 amide bonds. The number of nitrogens with zero attached hydrogens (tertiary/aromatic N) is 2. The van der Waals surface area contributed by atoms with Gasteiger partial charge in [0.05, 0.1) is 12.1 Å². The first-order valence-corrected chi connectivity index (χ1v) is 7.55. The standard InChI is InChI=1S/C16H21N3O4/c17-16(18-23)12-5-3-11(4-6-12)14-10-13(21)7-8-19(14)15(22)2-1-9-20/h3-6,9,13-14,21,23H,1-2,7-8,10H2,(H2,17,18). The van der Waals surface area contributed by atoms with Gasteiger partial charge in [0.25, 0.3) is 0 Å². The van der Waals surface area contributed by atoms with Crippen LogP contribution in [0.15, 0.2) is 29.4 Å². The van der Waals surface area contributed by atoms with Crippen molar-refractivity contribution in [2.75, 3.05) is 6.54 Å². The molecule has 1 saturated heterocycles. The highest BCUT2D eigenvalue weighted by Gasteiger charge is 2.31. The van der Waals surface area contributed by atoms with Crippen LogP contribution in [0.1, 0.15) is 42.9 Å². The molecule has 1 aliphatic rings. The second kappa shape index (κ2) is 7.73. The Morgan fingerprint density at radius 3 is 2.70 bits per heavy atom. The lowest BCUT2D eigenvalue weighted by molar-refractivity contribution is -0.137. The Morgan fingerprint density at radius 2 is 2.09 bits per heavy atom. The summed E-state index contributed by atoms with van der Waals surface area (Å²) < 4.78 is 0. The van der Waals surface area contributed by atoms with Gasteiger partial charge in [-0.15, -0.1) is 0 Å². The zero-order chi connectivity index (χ0) is 16.8. The Hall–Kier alpha value is -2.41. The van der Waals surface area contributed by atoms with Crippen LogP contribution >= 0.6 is 0 Å². The summed E-state index contributed by atoms with van der Waals surface area (Å²) in [5.41, 5.74) is 6.99. The number of oxime groups is 1. The predicted octanol–water partition coefficient (Wildman–Crippen LogP) is 0.785. The van der Waals surface area contributed by atoms with Crippen LogP contribution in [0.25, 0.3) is 0 Å². The van der Waals surface area contributed by atoms with Crippen LogP contribution in [0, 0.1) is 0 Å². The predicted molar refractivity (Wildman–Crippen MR) is 83.9 cm³/mol. The third-order valence-electron chi connectivity index (χ3n) is 4.07. The van der Waals surface area contributed by atoms with Gasteiger partial charge in [0.15, 0.2) is 5.84 Å². The minimum Gasteiger partial charge on any atom is -0.409 e. The second-order valence-corrected chi connectivity index (χ2v) is 5.59. The highest BCUT2D eigenvalue weighted by molar-refractivity contribution is 5.97. The van der Waals surface area contributed by atoms with Crippen molar-refractivity contribution in [3.63, 3.8) is 0 Å². The van der Waals surface area contributed by atoms with E-state index >= 15 is 0 Å². The summed E-state index contributed by atoms with van der Waals surface area (Å²) in [5.74, 6) is -0.0753. The zero-order valence-corrected chi connectivity index (χ0v) is 12.8. The van der Waals surface area contributed by atoms with E-state index in [2.05, 4.69) is 5.16 Å². The van der Waals surface area contributed by atoms with Gasteiger partial charge < -0.3 is 25.7 Å². The average molecular weight is 319 g/mol. The number of rotatable bonds is 5. The summed E-state index contributed by atoms with van der Waals surface area (Å²) in [5, 5.41) is 21.6. The van der Waals surface area contributed by atoms with Crippen molar-refractivity contribution in [2.24, 2.45) is 10.9 Å². The Kier molecular flexibility index (Phi) is 5.70. The molecule has 7 nitrogen and oxygen atoms in total. The molecular formula is C16H21N3O4. The first-order valence-electron chi connectivity index (χ1n) is 7.55. The normalized spacial score (nSPS) is 22.0. The van der Waals surface area contributed by atoms with Crippen LogP contribution in [-0.4, -0.2) is 45.9 Å². The Bertz CT molecular complexity index is 585. The third-order valence-corrected chi connectivity index (χ3v) is 4.07. The van der Waals surface area contributed by atoms with Crippen LogP contribution in [0.5, 0.6) is 0 Å². The number of carbonyl (C=O) groups excluding carboxylic acids is 2. The summed E-state index contributed by atoms with van der Waals surface area (Å²) in [4.78, 5) is 24.5. The van der Waals surface area contributed by atoms with Gasteiger partial charge in [-0.3, -0.25) is 4.79 Å². The van der Waals surface area contributed by atoms with Crippen molar-refractivity contribution >= 4 is 18.0 Å². The number of piperidine rings is 1. The van der Waals surface area contributed by atoms with E-state index < -0.39 is 6.10 Å². The minimum absolute atomic E-state index is 0.0131. The number of amides is 1. The van der Waals surface area contributed by atoms with Crippen LogP contribution in [0.4, 0.5) is 0 Å².